The van der Waals surface area contributed by atoms with E-state index in [0.29, 0.717) is 0 Å². The average molecular weight is 292 g/mol. The van der Waals surface area contributed by atoms with Crippen molar-refractivity contribution < 1.29 is 0 Å². The molecule has 0 unspecified atom stereocenters. The van der Waals surface area contributed by atoms with Crippen LogP contribution in [-0.2, 0) is 19.3 Å². The Morgan fingerprint density at radius 1 is 0.636 bits per heavy atom. The van der Waals surface area contributed by atoms with Crippen LogP contribution in [0.3, 0.4) is 0 Å². The molecule has 22 heavy (non-hydrogen) atoms. The van der Waals surface area contributed by atoms with Gasteiger partial charge in [-0.3, -0.25) is 0 Å². The summed E-state index contributed by atoms with van der Waals surface area (Å²) < 4.78 is 0. The van der Waals surface area contributed by atoms with Crippen molar-refractivity contribution in [2.45, 2.75) is 52.4 Å². The number of rotatable bonds is 8. The smallest absolute Gasteiger partial charge is 0.0238 e. The summed E-state index contributed by atoms with van der Waals surface area (Å²) in [5.41, 5.74) is 5.62. The fourth-order valence-electron chi connectivity index (χ4n) is 2.63. The first-order valence-electron chi connectivity index (χ1n) is 8.65. The second kappa shape index (κ2) is 9.25. The highest BCUT2D eigenvalue weighted by Gasteiger charge is 1.97. The molecule has 0 amide bonds. The molecular weight excluding hydrogens is 264 g/mol. The van der Waals surface area contributed by atoms with Crippen LogP contribution >= 0.6 is 0 Å². The first kappa shape index (κ1) is 16.5. The molecule has 2 rings (SSSR count). The van der Waals surface area contributed by atoms with E-state index in [1.54, 1.807) is 0 Å². The SMILES string of the molecule is CCC/C=C/c1ccc(CCc2ccc(CCC)cc2)cc1. The molecule has 0 aliphatic heterocycles. The molecule has 0 saturated carbocycles. The third-order valence-electron chi connectivity index (χ3n) is 4.01. The molecule has 0 nitrogen and oxygen atoms in total. The zero-order valence-electron chi connectivity index (χ0n) is 14.0. The van der Waals surface area contributed by atoms with Gasteiger partial charge in [-0.1, -0.05) is 87.4 Å². The lowest BCUT2D eigenvalue weighted by atomic mass is 10.0. The molecule has 0 radical (unpaired) electrons. The fraction of sp³-hybridized carbons (Fsp3) is 0.364. The number of allylic oxidation sites excluding steroid dienone is 1. The van der Waals surface area contributed by atoms with Crippen molar-refractivity contribution >= 4 is 6.08 Å². The van der Waals surface area contributed by atoms with E-state index in [0.717, 1.165) is 19.3 Å². The second-order valence-corrected chi connectivity index (χ2v) is 6.00. The minimum absolute atomic E-state index is 1.12. The van der Waals surface area contributed by atoms with Gasteiger partial charge in [0, 0.05) is 0 Å². The van der Waals surface area contributed by atoms with Crippen LogP contribution in [0.5, 0.6) is 0 Å². The van der Waals surface area contributed by atoms with Crippen molar-refractivity contribution in [2.24, 2.45) is 0 Å². The minimum atomic E-state index is 1.12. The Labute approximate surface area is 135 Å². The topological polar surface area (TPSA) is 0 Å². The molecule has 0 atom stereocenters. The molecule has 0 bridgehead atoms. The molecule has 2 aromatic rings. The van der Waals surface area contributed by atoms with Crippen molar-refractivity contribution in [1.82, 2.24) is 0 Å². The molecular formula is C22H28. The van der Waals surface area contributed by atoms with Gasteiger partial charge in [-0.2, -0.15) is 0 Å². The molecule has 0 fully saturated rings. The van der Waals surface area contributed by atoms with E-state index >= 15 is 0 Å². The molecule has 0 aliphatic carbocycles. The van der Waals surface area contributed by atoms with Crippen LogP contribution in [0.15, 0.2) is 54.6 Å². The summed E-state index contributed by atoms with van der Waals surface area (Å²) in [6.07, 6.45) is 11.5. The first-order chi connectivity index (χ1) is 10.8. The maximum atomic E-state index is 2.28. The normalized spacial score (nSPS) is 11.2. The van der Waals surface area contributed by atoms with Crippen LogP contribution in [-0.4, -0.2) is 0 Å². The number of unbranched alkanes of at least 4 members (excludes halogenated alkanes) is 1. The van der Waals surface area contributed by atoms with Gasteiger partial charge in [0.25, 0.3) is 0 Å². The Morgan fingerprint density at radius 3 is 1.64 bits per heavy atom. The van der Waals surface area contributed by atoms with Gasteiger partial charge < -0.3 is 0 Å². The number of benzene rings is 2. The highest BCUT2D eigenvalue weighted by molar-refractivity contribution is 5.49. The molecule has 0 aliphatic rings. The van der Waals surface area contributed by atoms with Crippen LogP contribution in [0.2, 0.25) is 0 Å². The first-order valence-corrected chi connectivity index (χ1v) is 8.65. The van der Waals surface area contributed by atoms with E-state index in [1.165, 1.54) is 41.5 Å². The van der Waals surface area contributed by atoms with E-state index in [9.17, 15) is 0 Å². The summed E-state index contributed by atoms with van der Waals surface area (Å²) in [5.74, 6) is 0. The monoisotopic (exact) mass is 292 g/mol. The summed E-state index contributed by atoms with van der Waals surface area (Å²) in [4.78, 5) is 0. The van der Waals surface area contributed by atoms with E-state index in [4.69, 9.17) is 0 Å². The summed E-state index contributed by atoms with van der Waals surface area (Å²) in [5, 5.41) is 0. The number of aryl methyl sites for hydroxylation is 3. The molecule has 0 N–H and O–H groups in total. The van der Waals surface area contributed by atoms with Gasteiger partial charge in [0.15, 0.2) is 0 Å². The zero-order valence-corrected chi connectivity index (χ0v) is 14.0. The largest absolute Gasteiger partial charge is 0.0840 e. The van der Waals surface area contributed by atoms with E-state index in [-0.39, 0.29) is 0 Å². The molecule has 0 spiro atoms. The second-order valence-electron chi connectivity index (χ2n) is 6.00. The standard InChI is InChI=1S/C22H28/c1-3-5-6-8-20-11-15-22(16-12-20)18-17-21-13-9-19(7-4-2)10-14-21/h6,8-16H,3-5,7,17-18H2,1-2H3/b8-6+. The molecule has 116 valence electrons. The van der Waals surface area contributed by atoms with Crippen LogP contribution in [0, 0.1) is 0 Å². The van der Waals surface area contributed by atoms with Crippen molar-refractivity contribution in [2.75, 3.05) is 0 Å². The summed E-state index contributed by atoms with van der Waals surface area (Å²) >= 11 is 0. The van der Waals surface area contributed by atoms with Crippen LogP contribution in [0.25, 0.3) is 6.08 Å². The van der Waals surface area contributed by atoms with Crippen molar-refractivity contribution in [3.63, 3.8) is 0 Å². The minimum Gasteiger partial charge on any atom is -0.0840 e. The number of hydrogen-bond donors (Lipinski definition) is 0. The Hall–Kier alpha value is -1.82. The Bertz CT molecular complexity index is 558. The molecule has 0 heterocycles. The van der Waals surface area contributed by atoms with Gasteiger partial charge in [0.2, 0.25) is 0 Å². The Kier molecular flexibility index (Phi) is 6.96. The highest BCUT2D eigenvalue weighted by atomic mass is 14.0. The van der Waals surface area contributed by atoms with Gasteiger partial charge >= 0.3 is 0 Å². The summed E-state index contributed by atoms with van der Waals surface area (Å²) in [6, 6.07) is 18.1. The van der Waals surface area contributed by atoms with E-state index in [1.807, 2.05) is 0 Å². The van der Waals surface area contributed by atoms with Crippen molar-refractivity contribution in [3.05, 3.63) is 76.9 Å². The quantitative estimate of drug-likeness (QED) is 0.540. The lowest BCUT2D eigenvalue weighted by Crippen LogP contribution is -1.92. The number of hydrogen-bond acceptors (Lipinski definition) is 0. The summed E-state index contributed by atoms with van der Waals surface area (Å²) in [7, 11) is 0. The maximum absolute atomic E-state index is 2.28. The van der Waals surface area contributed by atoms with Gasteiger partial charge in [-0.15, -0.1) is 0 Å². The Balaban J connectivity index is 1.85. The predicted molar refractivity (Wildman–Crippen MR) is 98.2 cm³/mol. The van der Waals surface area contributed by atoms with Gasteiger partial charge in [-0.25, -0.2) is 0 Å². The third kappa shape index (κ3) is 5.52. The van der Waals surface area contributed by atoms with Gasteiger partial charge in [0.05, 0.1) is 0 Å². The van der Waals surface area contributed by atoms with Crippen LogP contribution in [0.4, 0.5) is 0 Å². The van der Waals surface area contributed by atoms with Crippen LogP contribution in [0.1, 0.15) is 55.4 Å². The average Bonchev–Trinajstić information content (AvgIpc) is 2.56. The van der Waals surface area contributed by atoms with E-state index < -0.39 is 0 Å². The van der Waals surface area contributed by atoms with Crippen molar-refractivity contribution in [3.8, 4) is 0 Å². The molecule has 0 aromatic heterocycles. The van der Waals surface area contributed by atoms with Crippen molar-refractivity contribution in [1.29, 1.82) is 0 Å². The molecule has 2 aromatic carbocycles. The van der Waals surface area contributed by atoms with Gasteiger partial charge in [0.1, 0.15) is 0 Å². The molecule has 0 heteroatoms. The van der Waals surface area contributed by atoms with Crippen LogP contribution < -0.4 is 0 Å². The lowest BCUT2D eigenvalue weighted by molar-refractivity contribution is 0.914. The highest BCUT2D eigenvalue weighted by Crippen LogP contribution is 2.12. The summed E-state index contributed by atoms with van der Waals surface area (Å²) in [6.45, 7) is 4.44. The molecule has 0 saturated heterocycles. The van der Waals surface area contributed by atoms with Gasteiger partial charge in [-0.05, 0) is 47.9 Å². The fourth-order valence-corrected chi connectivity index (χ4v) is 2.63. The zero-order chi connectivity index (χ0) is 15.6. The predicted octanol–water partition coefficient (Wildman–Crippen LogP) is 6.24. The lowest BCUT2D eigenvalue weighted by Gasteiger charge is -2.05. The Morgan fingerprint density at radius 2 is 1.14 bits per heavy atom. The maximum Gasteiger partial charge on any atom is -0.0238 e. The third-order valence-corrected chi connectivity index (χ3v) is 4.01. The van der Waals surface area contributed by atoms with E-state index in [2.05, 4.69) is 74.5 Å².